The molecule has 0 radical (unpaired) electrons. The van der Waals surface area contributed by atoms with Crippen LogP contribution in [0.1, 0.15) is 38.2 Å². The number of para-hydroxylation sites is 1. The average Bonchev–Trinajstić information content (AvgIpc) is 2.94. The Labute approximate surface area is 122 Å². The number of rotatable bonds is 4. The van der Waals surface area contributed by atoms with Crippen LogP contribution in [0, 0.1) is 0 Å². The summed E-state index contributed by atoms with van der Waals surface area (Å²) in [5.74, 6) is 1.10. The van der Waals surface area contributed by atoms with E-state index in [1.807, 2.05) is 0 Å². The van der Waals surface area contributed by atoms with Crippen molar-refractivity contribution in [3.8, 4) is 5.75 Å². The van der Waals surface area contributed by atoms with E-state index >= 15 is 0 Å². The summed E-state index contributed by atoms with van der Waals surface area (Å²) in [6, 6.07) is 9.17. The highest BCUT2D eigenvalue weighted by molar-refractivity contribution is 5.33. The van der Waals surface area contributed by atoms with Gasteiger partial charge in [0, 0.05) is 37.8 Å². The molecule has 20 heavy (non-hydrogen) atoms. The predicted octanol–water partition coefficient (Wildman–Crippen LogP) is 2.80. The van der Waals surface area contributed by atoms with Gasteiger partial charge in [0.1, 0.15) is 5.75 Å². The summed E-state index contributed by atoms with van der Waals surface area (Å²) < 4.78 is 6.23. The monoisotopic (exact) mass is 274 g/mol. The number of hydrogen-bond acceptors (Lipinski definition) is 3. The van der Waals surface area contributed by atoms with Gasteiger partial charge in [-0.1, -0.05) is 18.2 Å². The first-order chi connectivity index (χ1) is 9.81. The van der Waals surface area contributed by atoms with E-state index in [0.29, 0.717) is 12.1 Å². The van der Waals surface area contributed by atoms with Crippen molar-refractivity contribution >= 4 is 0 Å². The standard InChI is InChI=1S/C17H26N2O/c1-14-12-19(11-10-18-14)13-15-6-2-5-9-17(15)20-16-7-3-4-8-16/h2,5-6,9,14,16,18H,3-4,7-8,10-13H2,1H3/t14-/m0/s1. The van der Waals surface area contributed by atoms with E-state index in [0.717, 1.165) is 31.9 Å². The van der Waals surface area contributed by atoms with E-state index in [9.17, 15) is 0 Å². The third kappa shape index (κ3) is 3.53. The molecule has 1 atom stereocenters. The topological polar surface area (TPSA) is 24.5 Å². The highest BCUT2D eigenvalue weighted by atomic mass is 16.5. The molecule has 110 valence electrons. The Balaban J connectivity index is 1.65. The molecule has 3 rings (SSSR count). The highest BCUT2D eigenvalue weighted by Gasteiger charge is 2.20. The Kier molecular flexibility index (Phi) is 4.58. The third-order valence-corrected chi connectivity index (χ3v) is 4.42. The lowest BCUT2D eigenvalue weighted by atomic mass is 10.1. The van der Waals surface area contributed by atoms with Crippen LogP contribution in [0.2, 0.25) is 0 Å². The van der Waals surface area contributed by atoms with Crippen LogP contribution in [0.25, 0.3) is 0 Å². The molecule has 1 heterocycles. The number of piperazine rings is 1. The van der Waals surface area contributed by atoms with Crippen LogP contribution in [-0.2, 0) is 6.54 Å². The Morgan fingerprint density at radius 3 is 2.85 bits per heavy atom. The SMILES string of the molecule is C[C@H]1CN(Cc2ccccc2OC2CCCC2)CCN1. The minimum atomic E-state index is 0.443. The quantitative estimate of drug-likeness (QED) is 0.913. The second-order valence-electron chi connectivity index (χ2n) is 6.22. The second kappa shape index (κ2) is 6.59. The van der Waals surface area contributed by atoms with Crippen molar-refractivity contribution in [2.45, 2.75) is 51.3 Å². The molecule has 0 spiro atoms. The van der Waals surface area contributed by atoms with Crippen molar-refractivity contribution in [1.29, 1.82) is 0 Å². The molecule has 3 nitrogen and oxygen atoms in total. The van der Waals surface area contributed by atoms with Crippen LogP contribution in [0.3, 0.4) is 0 Å². The number of hydrogen-bond donors (Lipinski definition) is 1. The summed E-state index contributed by atoms with van der Waals surface area (Å²) >= 11 is 0. The fourth-order valence-corrected chi connectivity index (χ4v) is 3.33. The zero-order valence-corrected chi connectivity index (χ0v) is 12.5. The van der Waals surface area contributed by atoms with Crippen molar-refractivity contribution in [1.82, 2.24) is 10.2 Å². The van der Waals surface area contributed by atoms with Gasteiger partial charge in [-0.25, -0.2) is 0 Å². The van der Waals surface area contributed by atoms with Crippen molar-refractivity contribution in [2.75, 3.05) is 19.6 Å². The molecular formula is C17H26N2O. The normalized spacial score (nSPS) is 24.9. The smallest absolute Gasteiger partial charge is 0.124 e. The van der Waals surface area contributed by atoms with Gasteiger partial charge in [-0.3, -0.25) is 4.90 Å². The number of benzene rings is 1. The minimum absolute atomic E-state index is 0.443. The van der Waals surface area contributed by atoms with Crippen LogP contribution >= 0.6 is 0 Å². The first-order valence-corrected chi connectivity index (χ1v) is 8.01. The summed E-state index contributed by atoms with van der Waals surface area (Å²) in [6.45, 7) is 6.61. The summed E-state index contributed by atoms with van der Waals surface area (Å²) in [4.78, 5) is 2.53. The maximum Gasteiger partial charge on any atom is 0.124 e. The Morgan fingerprint density at radius 1 is 1.25 bits per heavy atom. The molecule has 1 aliphatic carbocycles. The van der Waals surface area contributed by atoms with Crippen molar-refractivity contribution in [2.24, 2.45) is 0 Å². The highest BCUT2D eigenvalue weighted by Crippen LogP contribution is 2.27. The van der Waals surface area contributed by atoms with E-state index in [1.54, 1.807) is 0 Å². The van der Waals surface area contributed by atoms with Crippen LogP contribution in [0.5, 0.6) is 5.75 Å². The number of nitrogens with one attached hydrogen (secondary N) is 1. The third-order valence-electron chi connectivity index (χ3n) is 4.42. The van der Waals surface area contributed by atoms with Gasteiger partial charge in [0.05, 0.1) is 6.10 Å². The van der Waals surface area contributed by atoms with E-state index in [-0.39, 0.29) is 0 Å². The number of ether oxygens (including phenoxy) is 1. The molecule has 1 N–H and O–H groups in total. The van der Waals surface area contributed by atoms with Gasteiger partial charge in [0.2, 0.25) is 0 Å². The maximum atomic E-state index is 6.23. The van der Waals surface area contributed by atoms with Gasteiger partial charge in [-0.15, -0.1) is 0 Å². The van der Waals surface area contributed by atoms with Crippen molar-refractivity contribution < 1.29 is 4.74 Å². The van der Waals surface area contributed by atoms with Gasteiger partial charge in [0.25, 0.3) is 0 Å². The Morgan fingerprint density at radius 2 is 2.05 bits per heavy atom. The molecule has 0 unspecified atom stereocenters. The van der Waals surface area contributed by atoms with Gasteiger partial charge in [-0.05, 0) is 38.7 Å². The van der Waals surface area contributed by atoms with Crippen molar-refractivity contribution in [3.05, 3.63) is 29.8 Å². The molecule has 2 aliphatic rings. The molecule has 1 aliphatic heterocycles. The van der Waals surface area contributed by atoms with E-state index < -0.39 is 0 Å². The Bertz CT molecular complexity index is 429. The second-order valence-corrected chi connectivity index (χ2v) is 6.22. The van der Waals surface area contributed by atoms with Gasteiger partial charge < -0.3 is 10.1 Å². The summed E-state index contributed by atoms with van der Waals surface area (Å²) in [5.41, 5.74) is 1.34. The molecule has 3 heteroatoms. The van der Waals surface area contributed by atoms with E-state index in [4.69, 9.17) is 4.74 Å². The van der Waals surface area contributed by atoms with Crippen LogP contribution in [0.4, 0.5) is 0 Å². The Hall–Kier alpha value is -1.06. The average molecular weight is 274 g/mol. The number of nitrogens with zero attached hydrogens (tertiary/aromatic N) is 1. The lowest BCUT2D eigenvalue weighted by Gasteiger charge is -2.32. The predicted molar refractivity (Wildman–Crippen MR) is 82.1 cm³/mol. The van der Waals surface area contributed by atoms with E-state index in [1.165, 1.54) is 31.2 Å². The zero-order chi connectivity index (χ0) is 13.8. The maximum absolute atomic E-state index is 6.23. The van der Waals surface area contributed by atoms with Crippen LogP contribution in [0.15, 0.2) is 24.3 Å². The summed E-state index contributed by atoms with van der Waals surface area (Å²) in [5, 5.41) is 3.50. The molecule has 0 aromatic heterocycles. The molecule has 1 aromatic carbocycles. The fourth-order valence-electron chi connectivity index (χ4n) is 3.33. The van der Waals surface area contributed by atoms with Crippen LogP contribution in [-0.4, -0.2) is 36.7 Å². The van der Waals surface area contributed by atoms with E-state index in [2.05, 4.69) is 41.4 Å². The largest absolute Gasteiger partial charge is 0.490 e. The van der Waals surface area contributed by atoms with Gasteiger partial charge in [-0.2, -0.15) is 0 Å². The summed E-state index contributed by atoms with van der Waals surface area (Å²) in [6.07, 6.45) is 5.53. The lowest BCUT2D eigenvalue weighted by Crippen LogP contribution is -2.48. The first-order valence-electron chi connectivity index (χ1n) is 8.01. The molecule has 2 fully saturated rings. The molecule has 1 saturated carbocycles. The molecule has 0 amide bonds. The molecule has 1 aromatic rings. The molecule has 1 saturated heterocycles. The van der Waals surface area contributed by atoms with Gasteiger partial charge >= 0.3 is 0 Å². The lowest BCUT2D eigenvalue weighted by molar-refractivity contribution is 0.184. The fraction of sp³-hybridized carbons (Fsp3) is 0.647. The van der Waals surface area contributed by atoms with Crippen molar-refractivity contribution in [3.63, 3.8) is 0 Å². The molecule has 0 bridgehead atoms. The summed E-state index contributed by atoms with van der Waals surface area (Å²) in [7, 11) is 0. The molecular weight excluding hydrogens is 248 g/mol. The zero-order valence-electron chi connectivity index (χ0n) is 12.5. The van der Waals surface area contributed by atoms with Gasteiger partial charge in [0.15, 0.2) is 0 Å². The first kappa shape index (κ1) is 13.9. The van der Waals surface area contributed by atoms with Crippen LogP contribution < -0.4 is 10.1 Å². The minimum Gasteiger partial charge on any atom is -0.490 e.